The third-order valence-electron chi connectivity index (χ3n) is 3.49. The van der Waals surface area contributed by atoms with E-state index >= 15 is 0 Å². The molecule has 1 unspecified atom stereocenters. The van der Waals surface area contributed by atoms with Crippen LogP contribution in [0.1, 0.15) is 28.8 Å². The number of benzene rings is 1. The Balaban J connectivity index is 1.98. The summed E-state index contributed by atoms with van der Waals surface area (Å²) in [6.07, 6.45) is 1.70. The number of ether oxygens (including phenoxy) is 1. The molecule has 5 nitrogen and oxygen atoms in total. The average molecular weight is 341 g/mol. The number of hydrogen-bond donors (Lipinski definition) is 1. The Bertz CT molecular complexity index is 533. The van der Waals surface area contributed by atoms with E-state index in [1.807, 2.05) is 19.1 Å². The minimum Gasteiger partial charge on any atom is -0.460 e. The molecule has 2 amide bonds. The van der Waals surface area contributed by atoms with Gasteiger partial charge in [0.1, 0.15) is 6.61 Å². The first-order valence-electron chi connectivity index (χ1n) is 6.48. The molecule has 0 bridgehead atoms. The van der Waals surface area contributed by atoms with Gasteiger partial charge in [-0.25, -0.2) is 9.59 Å². The molecule has 20 heavy (non-hydrogen) atoms. The van der Waals surface area contributed by atoms with E-state index in [4.69, 9.17) is 10.5 Å². The van der Waals surface area contributed by atoms with Gasteiger partial charge in [0, 0.05) is 11.0 Å². The van der Waals surface area contributed by atoms with E-state index in [2.05, 4.69) is 15.9 Å². The number of amides is 2. The summed E-state index contributed by atoms with van der Waals surface area (Å²) in [5.41, 5.74) is 6.68. The highest BCUT2D eigenvalue weighted by atomic mass is 79.9. The van der Waals surface area contributed by atoms with Gasteiger partial charge in [0.2, 0.25) is 0 Å². The number of likely N-dealkylation sites (tertiary alicyclic amines) is 1. The van der Waals surface area contributed by atoms with E-state index in [0.717, 1.165) is 22.9 Å². The quantitative estimate of drug-likeness (QED) is 0.859. The summed E-state index contributed by atoms with van der Waals surface area (Å²) in [5, 5.41) is 0. The summed E-state index contributed by atoms with van der Waals surface area (Å²) in [6, 6.07) is 4.90. The van der Waals surface area contributed by atoms with Gasteiger partial charge in [-0.2, -0.15) is 0 Å². The minimum atomic E-state index is -0.456. The molecule has 108 valence electrons. The number of aryl methyl sites for hydroxylation is 1. The Kier molecular flexibility index (Phi) is 4.65. The fourth-order valence-corrected chi connectivity index (χ4v) is 2.72. The van der Waals surface area contributed by atoms with Gasteiger partial charge in [-0.3, -0.25) is 0 Å². The first kappa shape index (κ1) is 14.8. The van der Waals surface area contributed by atoms with Crippen molar-refractivity contribution in [2.45, 2.75) is 25.8 Å². The second-order valence-corrected chi connectivity index (χ2v) is 5.80. The molecular weight excluding hydrogens is 324 g/mol. The molecule has 6 heteroatoms. The first-order valence-corrected chi connectivity index (χ1v) is 7.27. The van der Waals surface area contributed by atoms with Crippen molar-refractivity contribution in [1.29, 1.82) is 0 Å². The summed E-state index contributed by atoms with van der Waals surface area (Å²) in [7, 11) is 0. The third kappa shape index (κ3) is 3.30. The molecule has 2 N–H and O–H groups in total. The molecule has 1 aromatic carbocycles. The van der Waals surface area contributed by atoms with Crippen molar-refractivity contribution in [3.05, 3.63) is 33.8 Å². The van der Waals surface area contributed by atoms with Gasteiger partial charge in [0.15, 0.2) is 0 Å². The van der Waals surface area contributed by atoms with E-state index in [1.165, 1.54) is 0 Å². The molecule has 1 atom stereocenters. The number of primary amides is 1. The maximum absolute atomic E-state index is 12.1. The summed E-state index contributed by atoms with van der Waals surface area (Å²) >= 11 is 3.33. The highest BCUT2D eigenvalue weighted by Gasteiger charge is 2.28. The fraction of sp³-hybridized carbons (Fsp3) is 0.429. The number of halogens is 1. The minimum absolute atomic E-state index is 0.107. The van der Waals surface area contributed by atoms with Crippen molar-refractivity contribution in [3.8, 4) is 0 Å². The Hall–Kier alpha value is -1.56. The van der Waals surface area contributed by atoms with Crippen molar-refractivity contribution in [2.75, 3.05) is 13.2 Å². The van der Waals surface area contributed by atoms with Crippen molar-refractivity contribution < 1.29 is 14.3 Å². The van der Waals surface area contributed by atoms with Crippen LogP contribution in [0.4, 0.5) is 4.79 Å². The second kappa shape index (κ2) is 6.26. The second-order valence-electron chi connectivity index (χ2n) is 4.89. The molecule has 0 radical (unpaired) electrons. The lowest BCUT2D eigenvalue weighted by Gasteiger charge is -2.22. The largest absolute Gasteiger partial charge is 0.460 e. The van der Waals surface area contributed by atoms with E-state index in [0.29, 0.717) is 12.1 Å². The van der Waals surface area contributed by atoms with Gasteiger partial charge in [-0.15, -0.1) is 0 Å². The Morgan fingerprint density at radius 2 is 2.25 bits per heavy atom. The van der Waals surface area contributed by atoms with Gasteiger partial charge < -0.3 is 15.4 Å². The lowest BCUT2D eigenvalue weighted by atomic mass is 10.1. The highest BCUT2D eigenvalue weighted by Crippen LogP contribution is 2.20. The van der Waals surface area contributed by atoms with Crippen LogP contribution >= 0.6 is 15.9 Å². The molecule has 1 saturated heterocycles. The number of esters is 1. The van der Waals surface area contributed by atoms with Gasteiger partial charge in [-0.05, 0) is 37.5 Å². The smallest absolute Gasteiger partial charge is 0.338 e. The molecule has 1 aromatic rings. The molecule has 0 spiro atoms. The van der Waals surface area contributed by atoms with Crippen LogP contribution in [-0.4, -0.2) is 36.1 Å². The average Bonchev–Trinajstić information content (AvgIpc) is 2.87. The molecule has 1 aliphatic heterocycles. The number of urea groups is 1. The number of carbonyl (C=O) groups is 2. The lowest BCUT2D eigenvalue weighted by molar-refractivity contribution is 0.0421. The van der Waals surface area contributed by atoms with Crippen LogP contribution in [0.15, 0.2) is 22.7 Å². The summed E-state index contributed by atoms with van der Waals surface area (Å²) in [5.74, 6) is -0.375. The number of nitrogens with two attached hydrogens (primary N) is 1. The zero-order valence-corrected chi connectivity index (χ0v) is 12.9. The fourth-order valence-electron chi connectivity index (χ4n) is 2.36. The zero-order valence-electron chi connectivity index (χ0n) is 11.3. The standard InChI is InChI=1S/C14H17BrN2O3/c1-9-4-5-10(15)7-12(9)13(18)20-8-11-3-2-6-17(11)14(16)19/h4-5,7,11H,2-3,6,8H2,1H3,(H2,16,19). The van der Waals surface area contributed by atoms with Crippen LogP contribution in [-0.2, 0) is 4.74 Å². The SMILES string of the molecule is Cc1ccc(Br)cc1C(=O)OCC1CCCN1C(N)=O. The van der Waals surface area contributed by atoms with Gasteiger partial charge in [0.05, 0.1) is 11.6 Å². The van der Waals surface area contributed by atoms with Gasteiger partial charge in [0.25, 0.3) is 0 Å². The molecule has 2 rings (SSSR count). The molecular formula is C14H17BrN2O3. The number of nitrogens with zero attached hydrogens (tertiary/aromatic N) is 1. The van der Waals surface area contributed by atoms with Crippen LogP contribution < -0.4 is 5.73 Å². The Labute approximate surface area is 126 Å². The van der Waals surface area contributed by atoms with Crippen molar-refractivity contribution in [1.82, 2.24) is 4.90 Å². The van der Waals surface area contributed by atoms with E-state index in [1.54, 1.807) is 11.0 Å². The van der Waals surface area contributed by atoms with Crippen molar-refractivity contribution in [2.24, 2.45) is 5.73 Å². The Morgan fingerprint density at radius 3 is 2.95 bits per heavy atom. The first-order chi connectivity index (χ1) is 9.49. The highest BCUT2D eigenvalue weighted by molar-refractivity contribution is 9.10. The molecule has 1 heterocycles. The predicted molar refractivity (Wildman–Crippen MR) is 78.5 cm³/mol. The summed E-state index contributed by atoms with van der Waals surface area (Å²) in [4.78, 5) is 24.9. The zero-order chi connectivity index (χ0) is 14.7. The van der Waals surface area contributed by atoms with Gasteiger partial charge in [-0.1, -0.05) is 22.0 Å². The predicted octanol–water partition coefficient (Wildman–Crippen LogP) is 2.46. The Morgan fingerprint density at radius 1 is 1.50 bits per heavy atom. The molecule has 1 aliphatic rings. The van der Waals surface area contributed by atoms with Crippen molar-refractivity contribution >= 4 is 27.9 Å². The molecule has 0 aliphatic carbocycles. The van der Waals surface area contributed by atoms with Crippen LogP contribution in [0, 0.1) is 6.92 Å². The lowest BCUT2D eigenvalue weighted by Crippen LogP contribution is -2.42. The molecule has 0 aromatic heterocycles. The third-order valence-corrected chi connectivity index (χ3v) is 3.98. The number of rotatable bonds is 3. The molecule has 1 fully saturated rings. The van der Waals surface area contributed by atoms with Crippen LogP contribution in [0.2, 0.25) is 0 Å². The van der Waals surface area contributed by atoms with E-state index < -0.39 is 6.03 Å². The summed E-state index contributed by atoms with van der Waals surface area (Å²) < 4.78 is 6.15. The number of hydrogen-bond acceptors (Lipinski definition) is 3. The summed E-state index contributed by atoms with van der Waals surface area (Å²) in [6.45, 7) is 2.68. The van der Waals surface area contributed by atoms with Crippen LogP contribution in [0.25, 0.3) is 0 Å². The van der Waals surface area contributed by atoms with Gasteiger partial charge >= 0.3 is 12.0 Å². The molecule has 0 saturated carbocycles. The number of carbonyl (C=O) groups excluding carboxylic acids is 2. The van der Waals surface area contributed by atoms with Crippen LogP contribution in [0.3, 0.4) is 0 Å². The topological polar surface area (TPSA) is 72.6 Å². The van der Waals surface area contributed by atoms with E-state index in [9.17, 15) is 9.59 Å². The van der Waals surface area contributed by atoms with Crippen LogP contribution in [0.5, 0.6) is 0 Å². The maximum atomic E-state index is 12.1. The normalized spacial score (nSPS) is 18.1. The van der Waals surface area contributed by atoms with E-state index in [-0.39, 0.29) is 18.6 Å². The monoisotopic (exact) mass is 340 g/mol. The van der Waals surface area contributed by atoms with Crippen molar-refractivity contribution in [3.63, 3.8) is 0 Å². The maximum Gasteiger partial charge on any atom is 0.338 e.